The van der Waals surface area contributed by atoms with E-state index in [0.29, 0.717) is 0 Å². The lowest BCUT2D eigenvalue weighted by molar-refractivity contribution is 0.656. The smallest absolute Gasteiger partial charge is 0.0458 e. The highest BCUT2D eigenvalue weighted by Crippen LogP contribution is 2.32. The van der Waals surface area contributed by atoms with E-state index in [9.17, 15) is 0 Å². The van der Waals surface area contributed by atoms with Gasteiger partial charge in [0.15, 0.2) is 0 Å². The number of benzene rings is 1. The van der Waals surface area contributed by atoms with Crippen LogP contribution >= 0.6 is 23.2 Å². The van der Waals surface area contributed by atoms with E-state index in [0.717, 1.165) is 22.9 Å². The number of rotatable bonds is 5. The second-order valence-corrected chi connectivity index (χ2v) is 5.92. The number of fused-ring (bicyclic) bond motifs is 1. The maximum absolute atomic E-state index is 6.23. The molecule has 1 aromatic carbocycles. The van der Waals surface area contributed by atoms with E-state index in [2.05, 4.69) is 19.1 Å². The predicted molar refractivity (Wildman–Crippen MR) is 80.7 cm³/mol. The van der Waals surface area contributed by atoms with E-state index in [1.54, 1.807) is 5.57 Å². The lowest BCUT2D eigenvalue weighted by Crippen LogP contribution is -2.04. The minimum Gasteiger partial charge on any atom is -0.0843 e. The Morgan fingerprint density at radius 1 is 1.11 bits per heavy atom. The van der Waals surface area contributed by atoms with Gasteiger partial charge in [-0.05, 0) is 48.9 Å². The Kier molecular flexibility index (Phi) is 5.14. The standard InChI is InChI=1S/C16H20Cl2/c1-2-3-4-5-6-12-7-8-15-13(9-12)10-14(17)11-16(15)18/h7,10-11H,2-6,8-9H2,1H3. The average Bonchev–Trinajstić information content (AvgIpc) is 2.34. The van der Waals surface area contributed by atoms with Gasteiger partial charge in [-0.3, -0.25) is 0 Å². The molecule has 0 saturated heterocycles. The van der Waals surface area contributed by atoms with Crippen molar-refractivity contribution in [2.45, 2.75) is 51.9 Å². The zero-order valence-corrected chi connectivity index (χ0v) is 12.4. The molecular formula is C16H20Cl2. The van der Waals surface area contributed by atoms with E-state index in [1.165, 1.54) is 43.2 Å². The lowest BCUT2D eigenvalue weighted by atomic mass is 9.89. The highest BCUT2D eigenvalue weighted by molar-refractivity contribution is 6.35. The first kappa shape index (κ1) is 14.0. The summed E-state index contributed by atoms with van der Waals surface area (Å²) in [5, 5.41) is 1.57. The number of hydrogen-bond donors (Lipinski definition) is 0. The van der Waals surface area contributed by atoms with Crippen LogP contribution in [0.3, 0.4) is 0 Å². The van der Waals surface area contributed by atoms with Gasteiger partial charge >= 0.3 is 0 Å². The molecule has 1 aliphatic carbocycles. The van der Waals surface area contributed by atoms with Gasteiger partial charge in [-0.15, -0.1) is 0 Å². The van der Waals surface area contributed by atoms with Crippen LogP contribution in [0.2, 0.25) is 10.0 Å². The third-order valence-corrected chi connectivity index (χ3v) is 4.17. The summed E-state index contributed by atoms with van der Waals surface area (Å²) in [5.41, 5.74) is 4.14. The van der Waals surface area contributed by atoms with E-state index in [4.69, 9.17) is 23.2 Å². The Bertz CT molecular complexity index is 447. The fourth-order valence-corrected chi connectivity index (χ4v) is 3.19. The highest BCUT2D eigenvalue weighted by Gasteiger charge is 2.14. The van der Waals surface area contributed by atoms with Crippen molar-refractivity contribution in [3.8, 4) is 0 Å². The van der Waals surface area contributed by atoms with Gasteiger partial charge in [0.05, 0.1) is 0 Å². The summed E-state index contributed by atoms with van der Waals surface area (Å²) in [4.78, 5) is 0. The summed E-state index contributed by atoms with van der Waals surface area (Å²) in [5.74, 6) is 0. The van der Waals surface area contributed by atoms with Crippen LogP contribution in [0, 0.1) is 0 Å². The first-order chi connectivity index (χ1) is 8.70. The predicted octanol–water partition coefficient (Wildman–Crippen LogP) is 5.99. The first-order valence-corrected chi connectivity index (χ1v) is 7.61. The number of allylic oxidation sites excluding steroid dienone is 2. The quantitative estimate of drug-likeness (QED) is 0.460. The van der Waals surface area contributed by atoms with Crippen LogP contribution in [0.25, 0.3) is 0 Å². The maximum Gasteiger partial charge on any atom is 0.0458 e. The molecule has 1 aliphatic rings. The van der Waals surface area contributed by atoms with Crippen molar-refractivity contribution in [3.63, 3.8) is 0 Å². The molecule has 0 saturated carbocycles. The molecule has 0 nitrogen and oxygen atoms in total. The summed E-state index contributed by atoms with van der Waals surface area (Å²) >= 11 is 12.3. The number of hydrogen-bond acceptors (Lipinski definition) is 0. The fourth-order valence-electron chi connectivity index (χ4n) is 2.58. The molecule has 0 N–H and O–H groups in total. The van der Waals surface area contributed by atoms with Crippen LogP contribution in [0.4, 0.5) is 0 Å². The Balaban J connectivity index is 1.97. The van der Waals surface area contributed by atoms with E-state index < -0.39 is 0 Å². The zero-order valence-electron chi connectivity index (χ0n) is 10.9. The van der Waals surface area contributed by atoms with Gasteiger partial charge in [-0.25, -0.2) is 0 Å². The Morgan fingerprint density at radius 3 is 2.72 bits per heavy atom. The van der Waals surface area contributed by atoms with Crippen molar-refractivity contribution in [2.75, 3.05) is 0 Å². The number of unbranched alkanes of at least 4 members (excludes halogenated alkanes) is 3. The zero-order chi connectivity index (χ0) is 13.0. The van der Waals surface area contributed by atoms with Gasteiger partial charge in [0.2, 0.25) is 0 Å². The normalized spacial score (nSPS) is 14.3. The maximum atomic E-state index is 6.23. The van der Waals surface area contributed by atoms with E-state index in [-0.39, 0.29) is 0 Å². The lowest BCUT2D eigenvalue weighted by Gasteiger charge is -2.18. The molecule has 0 aliphatic heterocycles. The minimum absolute atomic E-state index is 0.756. The molecule has 0 spiro atoms. The molecule has 0 heterocycles. The summed E-state index contributed by atoms with van der Waals surface area (Å²) in [6.07, 6.45) is 10.9. The van der Waals surface area contributed by atoms with Crippen molar-refractivity contribution < 1.29 is 0 Å². The van der Waals surface area contributed by atoms with Gasteiger partial charge in [-0.2, -0.15) is 0 Å². The van der Waals surface area contributed by atoms with Crippen molar-refractivity contribution in [2.24, 2.45) is 0 Å². The third kappa shape index (κ3) is 3.52. The molecule has 0 amide bonds. The SMILES string of the molecule is CCCCCCC1=CCc2c(Cl)cc(Cl)cc2C1. The number of halogens is 2. The topological polar surface area (TPSA) is 0 Å². The van der Waals surface area contributed by atoms with Gasteiger partial charge < -0.3 is 0 Å². The van der Waals surface area contributed by atoms with Crippen LogP contribution in [0.5, 0.6) is 0 Å². The van der Waals surface area contributed by atoms with Crippen LogP contribution in [-0.4, -0.2) is 0 Å². The molecule has 0 aromatic heterocycles. The van der Waals surface area contributed by atoms with Crippen molar-refractivity contribution in [3.05, 3.63) is 45.0 Å². The molecule has 18 heavy (non-hydrogen) atoms. The molecule has 1 aromatic rings. The van der Waals surface area contributed by atoms with Crippen LogP contribution in [-0.2, 0) is 12.8 Å². The van der Waals surface area contributed by atoms with Gasteiger partial charge in [0, 0.05) is 10.0 Å². The third-order valence-electron chi connectivity index (χ3n) is 3.62. The molecule has 0 atom stereocenters. The average molecular weight is 283 g/mol. The van der Waals surface area contributed by atoms with E-state index in [1.807, 2.05) is 6.07 Å². The Hall–Kier alpha value is -0.460. The van der Waals surface area contributed by atoms with Crippen molar-refractivity contribution in [1.82, 2.24) is 0 Å². The molecule has 0 radical (unpaired) electrons. The van der Waals surface area contributed by atoms with Crippen LogP contribution in [0.15, 0.2) is 23.8 Å². The van der Waals surface area contributed by atoms with Gasteiger partial charge in [0.1, 0.15) is 0 Å². The monoisotopic (exact) mass is 282 g/mol. The minimum atomic E-state index is 0.756. The van der Waals surface area contributed by atoms with Crippen LogP contribution < -0.4 is 0 Å². The second-order valence-electron chi connectivity index (χ2n) is 5.08. The van der Waals surface area contributed by atoms with Gasteiger partial charge in [0.25, 0.3) is 0 Å². The molecule has 0 bridgehead atoms. The second kappa shape index (κ2) is 6.63. The molecule has 98 valence electrons. The molecule has 0 unspecified atom stereocenters. The highest BCUT2D eigenvalue weighted by atomic mass is 35.5. The van der Waals surface area contributed by atoms with Crippen LogP contribution in [0.1, 0.15) is 50.2 Å². The van der Waals surface area contributed by atoms with Crippen molar-refractivity contribution in [1.29, 1.82) is 0 Å². The molecular weight excluding hydrogens is 263 g/mol. The van der Waals surface area contributed by atoms with Gasteiger partial charge in [-0.1, -0.05) is 61.0 Å². The Labute approximate surface area is 120 Å². The summed E-state index contributed by atoms with van der Waals surface area (Å²) in [6, 6.07) is 3.92. The Morgan fingerprint density at radius 2 is 1.94 bits per heavy atom. The molecule has 2 heteroatoms. The fraction of sp³-hybridized carbons (Fsp3) is 0.500. The summed E-state index contributed by atoms with van der Waals surface area (Å²) in [7, 11) is 0. The first-order valence-electron chi connectivity index (χ1n) is 6.85. The summed E-state index contributed by atoms with van der Waals surface area (Å²) in [6.45, 7) is 2.25. The summed E-state index contributed by atoms with van der Waals surface area (Å²) < 4.78 is 0. The van der Waals surface area contributed by atoms with E-state index >= 15 is 0 Å². The molecule has 2 rings (SSSR count). The largest absolute Gasteiger partial charge is 0.0843 e. The molecule has 0 fully saturated rings. The van der Waals surface area contributed by atoms with Crippen molar-refractivity contribution >= 4 is 23.2 Å².